The lowest BCUT2D eigenvalue weighted by Crippen LogP contribution is -2.61. The van der Waals surface area contributed by atoms with Crippen LogP contribution in [0.1, 0.15) is 105 Å². The van der Waals surface area contributed by atoms with E-state index in [1.54, 1.807) is 27.7 Å². The smallest absolute Gasteiger partial charge is 0.245 e. The average Bonchev–Trinajstić information content (AvgIpc) is 1.62. The molecule has 0 saturated carbocycles. The number of aliphatic imine (C=N–C) groups is 3. The molecule has 0 spiro atoms. The molecule has 92 heavy (non-hydrogen) atoms. The van der Waals surface area contributed by atoms with Gasteiger partial charge in [-0.2, -0.15) is 25.3 Å². The number of thiol groups is 2. The molecule has 1 aliphatic rings. The molecule has 0 aliphatic carbocycles. The molecule has 0 bridgehead atoms. The van der Waals surface area contributed by atoms with Gasteiger partial charge in [0.2, 0.25) is 70.9 Å². The van der Waals surface area contributed by atoms with Crippen LogP contribution in [0.5, 0.6) is 5.75 Å². The summed E-state index contributed by atoms with van der Waals surface area (Å²) in [6, 6.07) is -6.90. The number of likely N-dealkylation sites (tertiary alicyclic amines) is 1. The number of carbonyl (C=O) groups is 12. The number of phenols is 1. The van der Waals surface area contributed by atoms with E-state index in [4.69, 9.17) is 40.1 Å². The van der Waals surface area contributed by atoms with Crippen LogP contribution in [0, 0.1) is 11.8 Å². The molecule has 2 rings (SSSR count). The van der Waals surface area contributed by atoms with Crippen molar-refractivity contribution in [2.45, 2.75) is 166 Å². The maximum Gasteiger partial charge on any atom is 0.245 e. The molecule has 0 aromatic heterocycles. The second-order valence-corrected chi connectivity index (χ2v) is 23.4. The van der Waals surface area contributed by atoms with Crippen LogP contribution in [-0.2, 0) is 64.0 Å². The molecule has 1 fully saturated rings. The van der Waals surface area contributed by atoms with Crippen LogP contribution in [0.2, 0.25) is 0 Å². The summed E-state index contributed by atoms with van der Waals surface area (Å²) in [6.07, 6.45) is 1.01. The first-order chi connectivity index (χ1) is 43.3. The first-order valence-corrected chi connectivity index (χ1v) is 31.3. The first kappa shape index (κ1) is 79.3. The number of phenolic OH excluding ortho intramolecular Hbond substituents is 1. The molecule has 34 nitrogen and oxygen atoms in total. The summed E-state index contributed by atoms with van der Waals surface area (Å²) in [5.41, 5.74) is 38.7. The summed E-state index contributed by atoms with van der Waals surface area (Å²) < 4.78 is 0. The van der Waals surface area contributed by atoms with Gasteiger partial charge in [-0.1, -0.05) is 39.8 Å². The Morgan fingerprint density at radius 3 is 1.53 bits per heavy atom. The molecular formula is C56H95N21O13S2. The van der Waals surface area contributed by atoms with Crippen LogP contribution in [0.25, 0.3) is 0 Å². The minimum Gasteiger partial charge on any atom is -0.508 e. The fourth-order valence-electron chi connectivity index (χ4n) is 9.31. The van der Waals surface area contributed by atoms with E-state index in [0.717, 1.165) is 0 Å². The lowest BCUT2D eigenvalue weighted by atomic mass is 9.99. The molecule has 36 heteroatoms. The highest BCUT2D eigenvalue weighted by atomic mass is 32.1. The third-order valence-corrected chi connectivity index (χ3v) is 14.8. The number of hydrogen-bond acceptors (Lipinski definition) is 18. The van der Waals surface area contributed by atoms with E-state index in [0.29, 0.717) is 18.4 Å². The third-order valence-electron chi connectivity index (χ3n) is 14.1. The predicted octanol–water partition coefficient (Wildman–Crippen LogP) is -6.35. The SMILES string of the molecule is CC(=O)N[C@@H](CCCN=C(N)N)C(=O)N[C@@H](CS)C(=O)N[C@@H](C)C(=O)N[C@@H](CC(C)C)C(=O)NCC(=O)N[C@@H](CCCN=C(N)N)C(=O)N[C@H](C(=O)N[C@@H](Cc1ccc(O)cc1)C(=O)N[C@@H](CCCN=C(N)N)C(=O)N1CCC[C@H]1C(=O)N[C@@H](CS)C(N)=O)C(C)C. The molecule has 12 amide bonds. The quantitative estimate of drug-likeness (QED) is 0.0126. The molecule has 514 valence electrons. The fraction of sp³-hybridized carbons (Fsp3) is 0.625. The van der Waals surface area contributed by atoms with Gasteiger partial charge in [-0.3, -0.25) is 72.5 Å². The second kappa shape index (κ2) is 40.8. The summed E-state index contributed by atoms with van der Waals surface area (Å²) in [6.45, 7) is 8.90. The molecule has 10 atom stereocenters. The number of nitrogens with zero attached hydrogens (tertiary/aromatic N) is 4. The van der Waals surface area contributed by atoms with Crippen LogP contribution in [0.4, 0.5) is 0 Å². The molecular weight excluding hydrogens is 1240 g/mol. The summed E-state index contributed by atoms with van der Waals surface area (Å²) >= 11 is 8.28. The minimum absolute atomic E-state index is 0.0112. The van der Waals surface area contributed by atoms with Gasteiger partial charge in [-0.25, -0.2) is 0 Å². The second-order valence-electron chi connectivity index (χ2n) is 22.7. The Morgan fingerprint density at radius 2 is 1.03 bits per heavy atom. The van der Waals surface area contributed by atoms with Gasteiger partial charge in [0, 0.05) is 51.0 Å². The fourth-order valence-corrected chi connectivity index (χ4v) is 9.84. The molecule has 0 radical (unpaired) electrons. The molecule has 1 aliphatic heterocycles. The van der Waals surface area contributed by atoms with Crippen molar-refractivity contribution in [2.24, 2.45) is 66.9 Å². The number of primary amides is 1. The van der Waals surface area contributed by atoms with Crippen molar-refractivity contribution >= 4 is 114 Å². The van der Waals surface area contributed by atoms with E-state index >= 15 is 0 Å². The van der Waals surface area contributed by atoms with E-state index in [9.17, 15) is 62.6 Å². The molecule has 1 aromatic rings. The number of carbonyl (C=O) groups excluding carboxylic acids is 12. The lowest BCUT2D eigenvalue weighted by Gasteiger charge is -2.31. The van der Waals surface area contributed by atoms with E-state index in [1.165, 1.54) is 43.0 Å². The largest absolute Gasteiger partial charge is 0.508 e. The van der Waals surface area contributed by atoms with E-state index in [-0.39, 0.29) is 119 Å². The summed E-state index contributed by atoms with van der Waals surface area (Å²) in [5, 5.41) is 35.8. The Bertz CT molecular complexity index is 2780. The summed E-state index contributed by atoms with van der Waals surface area (Å²) in [5.74, 6) is -11.2. The normalized spacial score (nSPS) is 15.5. The number of nitrogens with two attached hydrogens (primary N) is 7. The Balaban J connectivity index is 2.37. The van der Waals surface area contributed by atoms with Crippen molar-refractivity contribution in [1.82, 2.24) is 58.1 Å². The van der Waals surface area contributed by atoms with Gasteiger partial charge in [0.1, 0.15) is 66.2 Å². The highest BCUT2D eigenvalue weighted by Gasteiger charge is 2.40. The maximum atomic E-state index is 14.6. The number of guanidine groups is 3. The van der Waals surface area contributed by atoms with Gasteiger partial charge in [0.15, 0.2) is 17.9 Å². The minimum atomic E-state index is -1.46. The third kappa shape index (κ3) is 29.4. The van der Waals surface area contributed by atoms with E-state index in [1.807, 2.05) is 0 Å². The van der Waals surface area contributed by atoms with E-state index < -0.39 is 144 Å². The zero-order chi connectivity index (χ0) is 69.4. The van der Waals surface area contributed by atoms with Crippen molar-refractivity contribution in [3.63, 3.8) is 0 Å². The van der Waals surface area contributed by atoms with E-state index in [2.05, 4.69) is 93.4 Å². The van der Waals surface area contributed by atoms with Crippen LogP contribution in [0.3, 0.4) is 0 Å². The number of rotatable bonds is 40. The van der Waals surface area contributed by atoms with Gasteiger partial charge in [-0.05, 0) is 94.2 Å². The number of hydrogen-bond donors (Lipinski definition) is 20. The predicted molar refractivity (Wildman–Crippen MR) is 349 cm³/mol. The van der Waals surface area contributed by atoms with Crippen molar-refractivity contribution in [2.75, 3.05) is 44.2 Å². The van der Waals surface area contributed by atoms with Crippen LogP contribution >= 0.6 is 25.3 Å². The Morgan fingerprint density at radius 1 is 0.554 bits per heavy atom. The molecule has 1 heterocycles. The van der Waals surface area contributed by atoms with Gasteiger partial charge in [-0.15, -0.1) is 0 Å². The van der Waals surface area contributed by atoms with Gasteiger partial charge in [0.25, 0.3) is 0 Å². The highest BCUT2D eigenvalue weighted by molar-refractivity contribution is 7.80. The van der Waals surface area contributed by atoms with Crippen LogP contribution < -0.4 is 93.3 Å². The number of benzene rings is 1. The van der Waals surface area contributed by atoms with Crippen LogP contribution in [-0.4, -0.2) is 203 Å². The highest BCUT2D eigenvalue weighted by Crippen LogP contribution is 2.21. The Hall–Kier alpha value is -8.83. The monoisotopic (exact) mass is 1330 g/mol. The van der Waals surface area contributed by atoms with Crippen molar-refractivity contribution in [3.8, 4) is 5.75 Å². The topological polar surface area (TPSA) is 568 Å². The number of amides is 12. The van der Waals surface area contributed by atoms with Gasteiger partial charge in [0.05, 0.1) is 6.54 Å². The van der Waals surface area contributed by atoms with Crippen molar-refractivity contribution < 1.29 is 62.6 Å². The molecule has 1 aromatic carbocycles. The van der Waals surface area contributed by atoms with Gasteiger partial charge >= 0.3 is 0 Å². The Labute approximate surface area is 545 Å². The molecule has 0 unspecified atom stereocenters. The maximum absolute atomic E-state index is 14.6. The number of nitrogens with one attached hydrogen (secondary N) is 10. The first-order valence-electron chi connectivity index (χ1n) is 30.0. The van der Waals surface area contributed by atoms with Gasteiger partial charge < -0.3 is 103 Å². The summed E-state index contributed by atoms with van der Waals surface area (Å²) in [4.78, 5) is 176. The average molecular weight is 1330 g/mol. The zero-order valence-corrected chi connectivity index (χ0v) is 54.6. The Kier molecular flexibility index (Phi) is 35.2. The van der Waals surface area contributed by atoms with Crippen molar-refractivity contribution in [1.29, 1.82) is 0 Å². The van der Waals surface area contributed by atoms with Crippen LogP contribution in [0.15, 0.2) is 39.2 Å². The van der Waals surface area contributed by atoms with Crippen molar-refractivity contribution in [3.05, 3.63) is 29.8 Å². The standard InChI is InChI=1S/C56H95N21O13S2/c1-28(2)23-37(72-45(82)30(5)68-50(87)40(27-92)75-47(84)34(69-31(6)78)11-7-19-64-54(58)59)46(83)67-25-42(80)70-35(12-8-20-65-55(60)61)48(85)76-43(29(3)4)52(89)73-38(24-32-15-17-33(79)18-16-32)49(86)71-36(13-9-21-66-56(62)63)53(90)77-22-10-14-41(77)51(88)74-39(26-91)44(57)81/h15-18,28-30,34-41,43,79,91-92H,7-14,19-27H2,1-6H3,(H2,57,81)(H,67,83)(H,68,87)(H,69,78)(H,70,80)(H,71,86)(H,72,82)(H,73,89)(H,74,88)(H,75,84)(H,76,85)(H4,58,59,64)(H4,60,61,65)(H4,62,63,66)/t30-,34-,35-,36-,37-,38-,39-,40-,41-,43-/m0/s1. The zero-order valence-electron chi connectivity index (χ0n) is 52.8. The lowest BCUT2D eigenvalue weighted by molar-refractivity contribution is -0.142. The number of aromatic hydroxyl groups is 1. The molecule has 25 N–H and O–H groups in total. The molecule has 1 saturated heterocycles. The summed E-state index contributed by atoms with van der Waals surface area (Å²) in [7, 11) is 0.